The summed E-state index contributed by atoms with van der Waals surface area (Å²) in [5, 5.41) is 8.19. The van der Waals surface area contributed by atoms with Gasteiger partial charge in [-0.3, -0.25) is 4.68 Å². The lowest BCUT2D eigenvalue weighted by Gasteiger charge is -2.02. The van der Waals surface area contributed by atoms with Crippen molar-refractivity contribution in [1.29, 1.82) is 0 Å². The molecule has 0 atom stereocenters. The van der Waals surface area contributed by atoms with Crippen LogP contribution < -0.4 is 5.73 Å². The van der Waals surface area contributed by atoms with Gasteiger partial charge < -0.3 is 5.73 Å². The summed E-state index contributed by atoms with van der Waals surface area (Å²) < 4.78 is 1.77. The third kappa shape index (κ3) is 2.12. The molecule has 84 valence electrons. The monoisotopic (exact) mass is 216 g/mol. The summed E-state index contributed by atoms with van der Waals surface area (Å²) in [6, 6.07) is 6.32. The van der Waals surface area contributed by atoms with Gasteiger partial charge in [0.15, 0.2) is 0 Å². The highest BCUT2D eigenvalue weighted by Gasteiger charge is 2.06. The van der Waals surface area contributed by atoms with Gasteiger partial charge in [-0.2, -0.15) is 0 Å². The lowest BCUT2D eigenvalue weighted by atomic mass is 10.0. The molecule has 16 heavy (non-hydrogen) atoms. The second-order valence-corrected chi connectivity index (χ2v) is 3.97. The molecule has 0 aliphatic carbocycles. The van der Waals surface area contributed by atoms with Crippen LogP contribution in [0.2, 0.25) is 0 Å². The minimum Gasteiger partial charge on any atom is -0.329 e. The highest BCUT2D eigenvalue weighted by atomic mass is 15.4. The van der Waals surface area contributed by atoms with E-state index >= 15 is 0 Å². The van der Waals surface area contributed by atoms with Crippen molar-refractivity contribution in [2.24, 2.45) is 5.73 Å². The molecule has 2 aromatic rings. The van der Waals surface area contributed by atoms with Crippen molar-refractivity contribution >= 4 is 0 Å². The number of rotatable bonds is 3. The quantitative estimate of drug-likeness (QED) is 0.846. The summed E-state index contributed by atoms with van der Waals surface area (Å²) in [6.45, 7) is 5.46. The average Bonchev–Trinajstić information content (AvgIpc) is 2.67. The fraction of sp³-hybridized carbons (Fsp3) is 0.333. The topological polar surface area (TPSA) is 56.7 Å². The summed E-state index contributed by atoms with van der Waals surface area (Å²) in [4.78, 5) is 0. The number of nitrogens with zero attached hydrogens (tertiary/aromatic N) is 3. The van der Waals surface area contributed by atoms with Crippen molar-refractivity contribution in [2.75, 3.05) is 6.54 Å². The van der Waals surface area contributed by atoms with Gasteiger partial charge >= 0.3 is 0 Å². The van der Waals surface area contributed by atoms with E-state index in [2.05, 4.69) is 42.4 Å². The fourth-order valence-corrected chi connectivity index (χ4v) is 1.76. The van der Waals surface area contributed by atoms with Crippen molar-refractivity contribution in [2.45, 2.75) is 20.4 Å². The highest BCUT2D eigenvalue weighted by Crippen LogP contribution is 2.21. The molecular weight excluding hydrogens is 200 g/mol. The molecule has 0 saturated carbocycles. The van der Waals surface area contributed by atoms with Gasteiger partial charge in [-0.1, -0.05) is 29.0 Å². The number of hydrogen-bond donors (Lipinski definition) is 1. The lowest BCUT2D eigenvalue weighted by Crippen LogP contribution is -2.10. The minimum absolute atomic E-state index is 0.579. The van der Waals surface area contributed by atoms with Crippen molar-refractivity contribution in [3.8, 4) is 11.3 Å². The average molecular weight is 216 g/mol. The van der Waals surface area contributed by atoms with Gasteiger partial charge in [0, 0.05) is 12.1 Å². The van der Waals surface area contributed by atoms with Crippen LogP contribution in [-0.2, 0) is 6.54 Å². The van der Waals surface area contributed by atoms with Gasteiger partial charge in [-0.05, 0) is 19.4 Å². The van der Waals surface area contributed by atoms with Crippen LogP contribution >= 0.6 is 0 Å². The Morgan fingerprint density at radius 3 is 2.81 bits per heavy atom. The molecule has 1 aromatic heterocycles. The Kier molecular flexibility index (Phi) is 3.01. The van der Waals surface area contributed by atoms with E-state index in [0.29, 0.717) is 13.1 Å². The van der Waals surface area contributed by atoms with Crippen LogP contribution in [0.3, 0.4) is 0 Å². The van der Waals surface area contributed by atoms with Crippen molar-refractivity contribution < 1.29 is 0 Å². The van der Waals surface area contributed by atoms with Crippen molar-refractivity contribution in [3.63, 3.8) is 0 Å². The van der Waals surface area contributed by atoms with Crippen LogP contribution in [0.4, 0.5) is 0 Å². The molecule has 0 aliphatic heterocycles. The van der Waals surface area contributed by atoms with Crippen LogP contribution in [0.1, 0.15) is 11.1 Å². The van der Waals surface area contributed by atoms with E-state index in [9.17, 15) is 0 Å². The Bertz CT molecular complexity index is 488. The van der Waals surface area contributed by atoms with E-state index in [1.165, 1.54) is 11.1 Å². The van der Waals surface area contributed by atoms with Crippen LogP contribution in [0.5, 0.6) is 0 Å². The fourth-order valence-electron chi connectivity index (χ4n) is 1.76. The van der Waals surface area contributed by atoms with Crippen LogP contribution in [0.15, 0.2) is 24.4 Å². The summed E-state index contributed by atoms with van der Waals surface area (Å²) in [5.41, 5.74) is 9.99. The van der Waals surface area contributed by atoms with Gasteiger partial charge in [-0.15, -0.1) is 5.10 Å². The first-order chi connectivity index (χ1) is 7.70. The molecule has 0 bridgehead atoms. The van der Waals surface area contributed by atoms with Crippen LogP contribution in [0.25, 0.3) is 11.3 Å². The first kappa shape index (κ1) is 10.8. The third-order valence-corrected chi connectivity index (χ3v) is 2.55. The zero-order valence-corrected chi connectivity index (χ0v) is 9.64. The largest absolute Gasteiger partial charge is 0.329 e. The SMILES string of the molecule is Cc1ccc(-c2cn(CCN)nn2)c(C)c1. The van der Waals surface area contributed by atoms with E-state index in [0.717, 1.165) is 11.3 Å². The first-order valence-corrected chi connectivity index (χ1v) is 5.38. The number of nitrogens with two attached hydrogens (primary N) is 1. The summed E-state index contributed by atoms with van der Waals surface area (Å²) in [5.74, 6) is 0. The molecular formula is C12H16N4. The van der Waals surface area contributed by atoms with Gasteiger partial charge in [0.25, 0.3) is 0 Å². The summed E-state index contributed by atoms with van der Waals surface area (Å²) in [7, 11) is 0. The van der Waals surface area contributed by atoms with Crippen LogP contribution in [0, 0.1) is 13.8 Å². The zero-order chi connectivity index (χ0) is 11.5. The maximum atomic E-state index is 5.47. The Morgan fingerprint density at radius 2 is 2.12 bits per heavy atom. The second-order valence-electron chi connectivity index (χ2n) is 3.97. The van der Waals surface area contributed by atoms with E-state index in [1.807, 2.05) is 6.20 Å². The Labute approximate surface area is 95.1 Å². The highest BCUT2D eigenvalue weighted by molar-refractivity contribution is 5.62. The van der Waals surface area contributed by atoms with Gasteiger partial charge in [0.05, 0.1) is 12.7 Å². The number of aromatic nitrogens is 3. The molecule has 4 nitrogen and oxygen atoms in total. The Balaban J connectivity index is 2.35. The minimum atomic E-state index is 0.579. The molecule has 0 fully saturated rings. The van der Waals surface area contributed by atoms with E-state index in [-0.39, 0.29) is 0 Å². The number of benzene rings is 1. The van der Waals surface area contributed by atoms with Gasteiger partial charge in [0.2, 0.25) is 0 Å². The van der Waals surface area contributed by atoms with Crippen molar-refractivity contribution in [3.05, 3.63) is 35.5 Å². The molecule has 0 aliphatic rings. The Hall–Kier alpha value is -1.68. The molecule has 4 heteroatoms. The Morgan fingerprint density at radius 1 is 1.31 bits per heavy atom. The van der Waals surface area contributed by atoms with Crippen molar-refractivity contribution in [1.82, 2.24) is 15.0 Å². The van der Waals surface area contributed by atoms with Gasteiger partial charge in [0.1, 0.15) is 5.69 Å². The lowest BCUT2D eigenvalue weighted by molar-refractivity contribution is 0.598. The van der Waals surface area contributed by atoms with E-state index < -0.39 is 0 Å². The molecule has 2 rings (SSSR count). The maximum absolute atomic E-state index is 5.47. The molecule has 0 saturated heterocycles. The number of hydrogen-bond acceptors (Lipinski definition) is 3. The predicted octanol–water partition coefficient (Wildman–Crippen LogP) is 1.52. The molecule has 0 amide bonds. The summed E-state index contributed by atoms with van der Waals surface area (Å²) >= 11 is 0. The van der Waals surface area contributed by atoms with E-state index in [1.54, 1.807) is 4.68 Å². The molecule has 1 heterocycles. The van der Waals surface area contributed by atoms with Crippen LogP contribution in [-0.4, -0.2) is 21.5 Å². The first-order valence-electron chi connectivity index (χ1n) is 5.38. The number of aryl methyl sites for hydroxylation is 2. The molecule has 0 spiro atoms. The van der Waals surface area contributed by atoms with E-state index in [4.69, 9.17) is 5.73 Å². The smallest absolute Gasteiger partial charge is 0.113 e. The molecule has 0 unspecified atom stereocenters. The maximum Gasteiger partial charge on any atom is 0.113 e. The predicted molar refractivity (Wildman–Crippen MR) is 64.0 cm³/mol. The molecule has 2 N–H and O–H groups in total. The van der Waals surface area contributed by atoms with Gasteiger partial charge in [-0.25, -0.2) is 0 Å². The normalized spacial score (nSPS) is 10.7. The molecule has 1 aromatic carbocycles. The standard InChI is InChI=1S/C12H16N4/c1-9-3-4-11(10(2)7-9)12-8-16(6-5-13)15-14-12/h3-4,7-8H,5-6,13H2,1-2H3. The molecule has 0 radical (unpaired) electrons. The zero-order valence-electron chi connectivity index (χ0n) is 9.64. The summed E-state index contributed by atoms with van der Waals surface area (Å²) in [6.07, 6.45) is 1.94. The second kappa shape index (κ2) is 4.45. The third-order valence-electron chi connectivity index (χ3n) is 2.55.